The number of amidine groups is 1. The highest BCUT2D eigenvalue weighted by atomic mass is 32.2. The molecule has 2 amide bonds. The van der Waals surface area contributed by atoms with Gasteiger partial charge in [0, 0.05) is 30.2 Å². The lowest BCUT2D eigenvalue weighted by atomic mass is 10.1. The van der Waals surface area contributed by atoms with E-state index in [1.54, 1.807) is 36.3 Å². The van der Waals surface area contributed by atoms with Crippen LogP contribution in [-0.2, 0) is 14.3 Å². The Morgan fingerprint density at radius 3 is 2.53 bits per heavy atom. The van der Waals surface area contributed by atoms with E-state index in [4.69, 9.17) is 9.73 Å². The normalized spacial score (nSPS) is 16.9. The van der Waals surface area contributed by atoms with Crippen LogP contribution in [0.3, 0.4) is 0 Å². The van der Waals surface area contributed by atoms with E-state index in [1.165, 1.54) is 18.7 Å². The molecule has 0 spiro atoms. The van der Waals surface area contributed by atoms with Crippen molar-refractivity contribution >= 4 is 56.7 Å². The van der Waals surface area contributed by atoms with E-state index in [9.17, 15) is 14.4 Å². The maximum absolute atomic E-state index is 13.1. The van der Waals surface area contributed by atoms with Gasteiger partial charge >= 0.3 is 0 Å². The van der Waals surface area contributed by atoms with E-state index in [1.807, 2.05) is 42.5 Å². The number of benzene rings is 3. The molecule has 1 atom stereocenters. The van der Waals surface area contributed by atoms with E-state index in [2.05, 4.69) is 5.32 Å². The monoisotopic (exact) mass is 475 g/mol. The number of thioether (sulfide) groups is 1. The number of carbonyl (C=O) groups is 3. The Bertz CT molecular complexity index is 1250. The first kappa shape index (κ1) is 23.7. The van der Waals surface area contributed by atoms with Crippen molar-refractivity contribution in [3.63, 3.8) is 0 Å². The topological polar surface area (TPSA) is 88.1 Å². The third-order valence-electron chi connectivity index (χ3n) is 5.47. The van der Waals surface area contributed by atoms with Gasteiger partial charge in [-0.1, -0.05) is 48.2 Å². The summed E-state index contributed by atoms with van der Waals surface area (Å²) in [7, 11) is 1.58. The van der Waals surface area contributed by atoms with Crippen molar-refractivity contribution in [3.05, 3.63) is 72.3 Å². The Hall–Kier alpha value is -3.49. The molecule has 0 bridgehead atoms. The van der Waals surface area contributed by atoms with Gasteiger partial charge in [-0.3, -0.25) is 19.3 Å². The maximum Gasteiger partial charge on any atom is 0.242 e. The zero-order valence-corrected chi connectivity index (χ0v) is 19.8. The Kier molecular flexibility index (Phi) is 7.40. The largest absolute Gasteiger partial charge is 0.383 e. The summed E-state index contributed by atoms with van der Waals surface area (Å²) in [6.07, 6.45) is 0.00992. The average molecular weight is 476 g/mol. The van der Waals surface area contributed by atoms with E-state index in [0.29, 0.717) is 29.6 Å². The molecule has 174 valence electrons. The zero-order chi connectivity index (χ0) is 24.1. The minimum atomic E-state index is -0.581. The van der Waals surface area contributed by atoms with Gasteiger partial charge in [0.25, 0.3) is 0 Å². The summed E-state index contributed by atoms with van der Waals surface area (Å²) in [4.78, 5) is 43.6. The van der Waals surface area contributed by atoms with Gasteiger partial charge in [-0.15, -0.1) is 0 Å². The number of amides is 2. The molecule has 1 aliphatic heterocycles. The summed E-state index contributed by atoms with van der Waals surface area (Å²) in [5.74, 6) is -0.484. The highest BCUT2D eigenvalue weighted by molar-refractivity contribution is 8.15. The predicted molar refractivity (Wildman–Crippen MR) is 136 cm³/mol. The SMILES string of the molecule is COCCN1C(=O)C(CC(=O)Nc2ccc(C(C)=O)cc2)SC1=Nc1cccc2ccccc12. The van der Waals surface area contributed by atoms with Gasteiger partial charge in [-0.25, -0.2) is 4.99 Å². The molecule has 3 aromatic carbocycles. The van der Waals surface area contributed by atoms with Gasteiger partial charge in [0.2, 0.25) is 11.8 Å². The van der Waals surface area contributed by atoms with Crippen LogP contribution in [-0.4, -0.2) is 53.2 Å². The lowest BCUT2D eigenvalue weighted by Gasteiger charge is -2.16. The molecule has 0 radical (unpaired) electrons. The van der Waals surface area contributed by atoms with E-state index < -0.39 is 5.25 Å². The molecule has 7 nitrogen and oxygen atoms in total. The Morgan fingerprint density at radius 1 is 1.06 bits per heavy atom. The van der Waals surface area contributed by atoms with Gasteiger partial charge in [-0.05, 0) is 42.6 Å². The highest BCUT2D eigenvalue weighted by Gasteiger charge is 2.39. The number of ether oxygens (including phenoxy) is 1. The number of hydrogen-bond donors (Lipinski definition) is 1. The Balaban J connectivity index is 1.52. The number of aliphatic imine (C=N–C) groups is 1. The molecule has 1 N–H and O–H groups in total. The average Bonchev–Trinajstić information content (AvgIpc) is 3.11. The minimum absolute atomic E-state index is 0.00992. The first-order valence-electron chi connectivity index (χ1n) is 10.9. The second kappa shape index (κ2) is 10.6. The standard InChI is InChI=1S/C26H25N3O4S/c1-17(30)18-10-12-20(13-11-18)27-24(31)16-23-25(32)29(14-15-33-2)26(34-23)28-22-9-5-7-19-6-3-4-8-21(19)22/h3-13,23H,14-16H2,1-2H3,(H,27,31). The number of Topliss-reactive ketones (excluding diaryl/α,β-unsaturated/α-hetero) is 1. The molecule has 1 unspecified atom stereocenters. The first-order valence-corrected chi connectivity index (χ1v) is 11.8. The molecule has 1 heterocycles. The van der Waals surface area contributed by atoms with Crippen molar-refractivity contribution in [1.82, 2.24) is 4.90 Å². The summed E-state index contributed by atoms with van der Waals surface area (Å²) in [6.45, 7) is 2.21. The van der Waals surface area contributed by atoms with Crippen molar-refractivity contribution in [2.45, 2.75) is 18.6 Å². The zero-order valence-electron chi connectivity index (χ0n) is 19.0. The molecule has 4 rings (SSSR count). The summed E-state index contributed by atoms with van der Waals surface area (Å²) >= 11 is 1.29. The fraction of sp³-hybridized carbons (Fsp3) is 0.231. The van der Waals surface area contributed by atoms with E-state index in [-0.39, 0.29) is 24.0 Å². The third kappa shape index (κ3) is 5.35. The van der Waals surface area contributed by atoms with Crippen LogP contribution in [0.4, 0.5) is 11.4 Å². The van der Waals surface area contributed by atoms with E-state index in [0.717, 1.165) is 16.5 Å². The highest BCUT2D eigenvalue weighted by Crippen LogP contribution is 2.34. The summed E-state index contributed by atoms with van der Waals surface area (Å²) < 4.78 is 5.18. The molecule has 8 heteroatoms. The Morgan fingerprint density at radius 2 is 1.79 bits per heavy atom. The number of nitrogens with zero attached hydrogens (tertiary/aromatic N) is 2. The second-order valence-corrected chi connectivity index (χ2v) is 9.04. The van der Waals surface area contributed by atoms with Gasteiger partial charge in [0.05, 0.1) is 18.8 Å². The molecule has 3 aromatic rings. The van der Waals surface area contributed by atoms with Crippen molar-refractivity contribution in [2.75, 3.05) is 25.6 Å². The van der Waals surface area contributed by atoms with Crippen molar-refractivity contribution < 1.29 is 19.1 Å². The summed E-state index contributed by atoms with van der Waals surface area (Å²) in [6, 6.07) is 20.5. The molecule has 1 fully saturated rings. The van der Waals surface area contributed by atoms with Gasteiger partial charge in [-0.2, -0.15) is 0 Å². The maximum atomic E-state index is 13.1. The van der Waals surface area contributed by atoms with Crippen molar-refractivity contribution in [1.29, 1.82) is 0 Å². The van der Waals surface area contributed by atoms with Gasteiger partial charge in [0.15, 0.2) is 11.0 Å². The second-order valence-electron chi connectivity index (χ2n) is 7.87. The first-order chi connectivity index (χ1) is 16.5. The number of ketones is 1. The molecule has 0 saturated carbocycles. The fourth-order valence-corrected chi connectivity index (χ4v) is 4.87. The lowest BCUT2D eigenvalue weighted by molar-refractivity contribution is -0.128. The molecule has 1 aliphatic rings. The van der Waals surface area contributed by atoms with Gasteiger partial charge < -0.3 is 10.1 Å². The van der Waals surface area contributed by atoms with Crippen molar-refractivity contribution in [3.8, 4) is 0 Å². The molecular formula is C26H25N3O4S. The van der Waals surface area contributed by atoms with Crippen LogP contribution in [0.2, 0.25) is 0 Å². The fourth-order valence-electron chi connectivity index (χ4n) is 3.69. The van der Waals surface area contributed by atoms with Crippen LogP contribution >= 0.6 is 11.8 Å². The summed E-state index contributed by atoms with van der Waals surface area (Å²) in [5, 5.41) is 4.84. The number of nitrogens with one attached hydrogen (secondary N) is 1. The number of fused-ring (bicyclic) bond motifs is 1. The number of carbonyl (C=O) groups excluding carboxylic acids is 3. The van der Waals surface area contributed by atoms with Gasteiger partial charge in [0.1, 0.15) is 5.25 Å². The van der Waals surface area contributed by atoms with Crippen LogP contribution < -0.4 is 5.32 Å². The molecular weight excluding hydrogens is 450 g/mol. The van der Waals surface area contributed by atoms with Crippen LogP contribution in [0.5, 0.6) is 0 Å². The number of rotatable bonds is 8. The predicted octanol–water partition coefficient (Wildman–Crippen LogP) is 4.65. The number of anilines is 1. The quantitative estimate of drug-likeness (QED) is 0.479. The molecule has 1 saturated heterocycles. The molecule has 0 aromatic heterocycles. The lowest BCUT2D eigenvalue weighted by Crippen LogP contribution is -2.35. The van der Waals surface area contributed by atoms with Crippen molar-refractivity contribution in [2.24, 2.45) is 4.99 Å². The van der Waals surface area contributed by atoms with Crippen LogP contribution in [0, 0.1) is 0 Å². The molecule has 34 heavy (non-hydrogen) atoms. The van der Waals surface area contributed by atoms with E-state index >= 15 is 0 Å². The summed E-state index contributed by atoms with van der Waals surface area (Å²) in [5.41, 5.74) is 1.92. The Labute approximate surface area is 202 Å². The van der Waals surface area contributed by atoms with Crippen LogP contribution in [0.1, 0.15) is 23.7 Å². The minimum Gasteiger partial charge on any atom is -0.383 e. The molecule has 0 aliphatic carbocycles. The smallest absolute Gasteiger partial charge is 0.242 e. The number of methoxy groups -OCH3 is 1. The third-order valence-corrected chi connectivity index (χ3v) is 6.64. The number of hydrogen-bond acceptors (Lipinski definition) is 6. The van der Waals surface area contributed by atoms with Crippen LogP contribution in [0.25, 0.3) is 10.8 Å². The van der Waals surface area contributed by atoms with Crippen LogP contribution in [0.15, 0.2) is 71.7 Å².